The van der Waals surface area contributed by atoms with Crippen LogP contribution in [0, 0.1) is 0 Å². The molecule has 1 aromatic rings. The predicted octanol–water partition coefficient (Wildman–Crippen LogP) is 1.91. The van der Waals surface area contributed by atoms with E-state index in [1.807, 2.05) is 0 Å². The highest BCUT2D eigenvalue weighted by atomic mass is 15.1. The summed E-state index contributed by atoms with van der Waals surface area (Å²) in [7, 11) is 4.15. The van der Waals surface area contributed by atoms with Gasteiger partial charge in [0.25, 0.3) is 0 Å². The molecule has 1 N–H and O–H groups in total. The Morgan fingerprint density at radius 2 is 2.29 bits per heavy atom. The minimum absolute atomic E-state index is 0.644. The number of rotatable bonds is 2. The van der Waals surface area contributed by atoms with Crippen molar-refractivity contribution in [1.29, 1.82) is 0 Å². The van der Waals surface area contributed by atoms with E-state index in [1.54, 1.807) is 0 Å². The molecule has 0 radical (unpaired) electrons. The first kappa shape index (κ1) is 9.71. The van der Waals surface area contributed by atoms with Gasteiger partial charge in [-0.05, 0) is 33.4 Å². The molecule has 0 fully saturated rings. The summed E-state index contributed by atoms with van der Waals surface area (Å²) in [6.07, 6.45) is 3.77. The molecule has 1 aliphatic carbocycles. The standard InChI is InChI=1S/C11H19N3/c1-8-5-4-6-9-11(8)13-10(12-9)7-14(2)3/h8H,4-7H2,1-3H3,(H,12,13). The molecule has 0 saturated carbocycles. The summed E-state index contributed by atoms with van der Waals surface area (Å²) in [5, 5.41) is 0. The maximum Gasteiger partial charge on any atom is 0.120 e. The minimum atomic E-state index is 0.644. The van der Waals surface area contributed by atoms with Crippen LogP contribution in [0.3, 0.4) is 0 Å². The van der Waals surface area contributed by atoms with Gasteiger partial charge in [0.15, 0.2) is 0 Å². The van der Waals surface area contributed by atoms with E-state index < -0.39 is 0 Å². The first-order valence-electron chi connectivity index (χ1n) is 5.39. The zero-order chi connectivity index (χ0) is 10.1. The Kier molecular flexibility index (Phi) is 2.59. The molecule has 78 valence electrons. The fourth-order valence-electron chi connectivity index (χ4n) is 2.17. The van der Waals surface area contributed by atoms with E-state index in [0.29, 0.717) is 5.92 Å². The summed E-state index contributed by atoms with van der Waals surface area (Å²) in [6, 6.07) is 0. The number of aryl methyl sites for hydroxylation is 1. The molecule has 0 saturated heterocycles. The van der Waals surface area contributed by atoms with Crippen molar-refractivity contribution >= 4 is 0 Å². The van der Waals surface area contributed by atoms with Gasteiger partial charge in [0.05, 0.1) is 12.2 Å². The number of nitrogens with zero attached hydrogens (tertiary/aromatic N) is 2. The van der Waals surface area contributed by atoms with E-state index in [-0.39, 0.29) is 0 Å². The van der Waals surface area contributed by atoms with Crippen LogP contribution in [0.1, 0.15) is 42.9 Å². The number of fused-ring (bicyclic) bond motifs is 1. The summed E-state index contributed by atoms with van der Waals surface area (Å²) in [5.41, 5.74) is 2.69. The Hall–Kier alpha value is -0.830. The molecular formula is C11H19N3. The molecule has 1 unspecified atom stereocenters. The van der Waals surface area contributed by atoms with Crippen LogP contribution in [0.2, 0.25) is 0 Å². The van der Waals surface area contributed by atoms with Crippen molar-refractivity contribution < 1.29 is 0 Å². The van der Waals surface area contributed by atoms with Crippen molar-refractivity contribution in [1.82, 2.24) is 14.9 Å². The molecule has 0 aromatic carbocycles. The van der Waals surface area contributed by atoms with Crippen molar-refractivity contribution in [3.63, 3.8) is 0 Å². The lowest BCUT2D eigenvalue weighted by Gasteiger charge is -2.15. The monoisotopic (exact) mass is 193 g/mol. The van der Waals surface area contributed by atoms with Gasteiger partial charge in [-0.3, -0.25) is 0 Å². The van der Waals surface area contributed by atoms with Gasteiger partial charge in [-0.25, -0.2) is 4.98 Å². The summed E-state index contributed by atoms with van der Waals surface area (Å²) in [5.74, 6) is 1.76. The number of nitrogens with one attached hydrogen (secondary N) is 1. The highest BCUT2D eigenvalue weighted by molar-refractivity contribution is 5.21. The third-order valence-corrected chi connectivity index (χ3v) is 2.86. The molecule has 1 aromatic heterocycles. The topological polar surface area (TPSA) is 31.9 Å². The van der Waals surface area contributed by atoms with Gasteiger partial charge in [-0.2, -0.15) is 0 Å². The maximum atomic E-state index is 4.67. The number of aromatic amines is 1. The lowest BCUT2D eigenvalue weighted by atomic mass is 9.92. The van der Waals surface area contributed by atoms with Crippen LogP contribution >= 0.6 is 0 Å². The van der Waals surface area contributed by atoms with E-state index in [2.05, 4.69) is 35.9 Å². The molecule has 14 heavy (non-hydrogen) atoms. The van der Waals surface area contributed by atoms with Crippen LogP contribution < -0.4 is 0 Å². The Labute approximate surface area is 85.5 Å². The molecule has 0 spiro atoms. The third-order valence-electron chi connectivity index (χ3n) is 2.86. The first-order chi connectivity index (χ1) is 6.66. The van der Waals surface area contributed by atoms with Crippen LogP contribution in [0.5, 0.6) is 0 Å². The summed E-state index contributed by atoms with van der Waals surface area (Å²) in [4.78, 5) is 10.3. The number of hydrogen-bond donors (Lipinski definition) is 1. The Bertz CT molecular complexity index is 314. The van der Waals surface area contributed by atoms with Crippen LogP contribution in [-0.4, -0.2) is 29.0 Å². The fraction of sp³-hybridized carbons (Fsp3) is 0.727. The number of imidazole rings is 1. The molecule has 0 bridgehead atoms. The minimum Gasteiger partial charge on any atom is -0.345 e. The largest absolute Gasteiger partial charge is 0.345 e. The van der Waals surface area contributed by atoms with Crippen molar-refractivity contribution in [3.05, 3.63) is 17.2 Å². The number of H-pyrrole nitrogens is 1. The highest BCUT2D eigenvalue weighted by Gasteiger charge is 2.20. The summed E-state index contributed by atoms with van der Waals surface area (Å²) in [6.45, 7) is 3.19. The normalized spacial score (nSPS) is 21.3. The van der Waals surface area contributed by atoms with Crippen molar-refractivity contribution in [2.45, 2.75) is 38.6 Å². The summed E-state index contributed by atoms with van der Waals surface area (Å²) >= 11 is 0. The second-order valence-corrected chi connectivity index (χ2v) is 4.58. The van der Waals surface area contributed by atoms with Gasteiger partial charge in [-0.1, -0.05) is 6.92 Å². The van der Waals surface area contributed by atoms with E-state index in [1.165, 1.54) is 30.7 Å². The molecule has 1 aliphatic rings. The third kappa shape index (κ3) is 1.82. The van der Waals surface area contributed by atoms with E-state index >= 15 is 0 Å². The van der Waals surface area contributed by atoms with Crippen LogP contribution in [0.15, 0.2) is 0 Å². The van der Waals surface area contributed by atoms with Crippen molar-refractivity contribution in [2.75, 3.05) is 14.1 Å². The highest BCUT2D eigenvalue weighted by Crippen LogP contribution is 2.29. The molecule has 3 nitrogen and oxygen atoms in total. The Morgan fingerprint density at radius 1 is 1.50 bits per heavy atom. The van der Waals surface area contributed by atoms with Gasteiger partial charge in [-0.15, -0.1) is 0 Å². The fourth-order valence-corrected chi connectivity index (χ4v) is 2.17. The van der Waals surface area contributed by atoms with Gasteiger partial charge in [0.1, 0.15) is 5.82 Å². The van der Waals surface area contributed by atoms with Gasteiger partial charge >= 0.3 is 0 Å². The molecule has 3 heteroatoms. The molecule has 0 aliphatic heterocycles. The molecular weight excluding hydrogens is 174 g/mol. The molecule has 0 amide bonds. The number of aromatic nitrogens is 2. The molecule has 2 rings (SSSR count). The Morgan fingerprint density at radius 3 is 2.93 bits per heavy atom. The zero-order valence-corrected chi connectivity index (χ0v) is 9.30. The quantitative estimate of drug-likeness (QED) is 0.778. The van der Waals surface area contributed by atoms with Crippen molar-refractivity contribution in [2.24, 2.45) is 0 Å². The SMILES string of the molecule is CC1CCCc2[nH]c(CN(C)C)nc21. The lowest BCUT2D eigenvalue weighted by molar-refractivity contribution is 0.391. The molecule has 1 atom stereocenters. The maximum absolute atomic E-state index is 4.67. The van der Waals surface area contributed by atoms with Crippen molar-refractivity contribution in [3.8, 4) is 0 Å². The Balaban J connectivity index is 2.21. The van der Waals surface area contributed by atoms with Gasteiger partial charge < -0.3 is 9.88 Å². The summed E-state index contributed by atoms with van der Waals surface area (Å²) < 4.78 is 0. The molecule has 1 heterocycles. The first-order valence-corrected chi connectivity index (χ1v) is 5.39. The second kappa shape index (κ2) is 3.73. The van der Waals surface area contributed by atoms with Crippen LogP contribution in [0.4, 0.5) is 0 Å². The number of hydrogen-bond acceptors (Lipinski definition) is 2. The van der Waals surface area contributed by atoms with E-state index in [4.69, 9.17) is 0 Å². The van der Waals surface area contributed by atoms with Crippen LogP contribution in [0.25, 0.3) is 0 Å². The van der Waals surface area contributed by atoms with Gasteiger partial charge in [0.2, 0.25) is 0 Å². The van der Waals surface area contributed by atoms with E-state index in [9.17, 15) is 0 Å². The average molecular weight is 193 g/mol. The lowest BCUT2D eigenvalue weighted by Crippen LogP contribution is -2.11. The second-order valence-electron chi connectivity index (χ2n) is 4.58. The average Bonchev–Trinajstić information content (AvgIpc) is 2.47. The zero-order valence-electron chi connectivity index (χ0n) is 9.30. The van der Waals surface area contributed by atoms with Gasteiger partial charge in [0, 0.05) is 11.6 Å². The van der Waals surface area contributed by atoms with Crippen LogP contribution in [-0.2, 0) is 13.0 Å². The van der Waals surface area contributed by atoms with E-state index in [0.717, 1.165) is 12.4 Å². The predicted molar refractivity (Wildman–Crippen MR) is 57.3 cm³/mol. The smallest absolute Gasteiger partial charge is 0.120 e.